The van der Waals surface area contributed by atoms with Gasteiger partial charge in [-0.15, -0.1) is 0 Å². The van der Waals surface area contributed by atoms with Gasteiger partial charge in [0.25, 0.3) is 0 Å². The number of nitrogens with one attached hydrogen (secondary N) is 1. The molecule has 0 fully saturated rings. The predicted octanol–water partition coefficient (Wildman–Crippen LogP) is 2.92. The molecule has 0 amide bonds. The van der Waals surface area contributed by atoms with Crippen LogP contribution in [0.25, 0.3) is 0 Å². The molecule has 0 aliphatic heterocycles. The van der Waals surface area contributed by atoms with E-state index in [1.807, 2.05) is 13.1 Å². The van der Waals surface area contributed by atoms with Crippen LogP contribution < -0.4 is 0 Å². The third kappa shape index (κ3) is 17.2. The quantitative estimate of drug-likeness (QED) is 0.713. The Kier molecular flexibility index (Phi) is 4.80. The molecule has 0 radical (unpaired) electrons. The van der Waals surface area contributed by atoms with E-state index in [4.69, 9.17) is 42.7 Å². The molecule has 12 heavy (non-hydrogen) atoms. The monoisotopic (exact) mass is 341 g/mol. The third-order valence-electron chi connectivity index (χ3n) is 0.635. The predicted molar refractivity (Wildman–Crippen MR) is 49.0 cm³/mol. The average Bonchev–Trinajstić information content (AvgIpc) is 2.09. The summed E-state index contributed by atoms with van der Waals surface area (Å²) in [4.78, 5) is 0. The van der Waals surface area contributed by atoms with Crippen LogP contribution in [0.15, 0.2) is 12.4 Å². The average molecular weight is 342 g/mol. The van der Waals surface area contributed by atoms with Crippen LogP contribution in [-0.2, 0) is 10.00 Å². The van der Waals surface area contributed by atoms with Crippen molar-refractivity contribution in [3.05, 3.63) is 18.0 Å². The molecule has 0 spiro atoms. The molecule has 8 heteroatoms. The van der Waals surface area contributed by atoms with E-state index in [2.05, 4.69) is 10.2 Å². The molecular weight excluding hydrogens is 335 g/mol. The van der Waals surface area contributed by atoms with Crippen molar-refractivity contribution in [1.29, 1.82) is 0 Å². The van der Waals surface area contributed by atoms with Gasteiger partial charge in [-0.2, -0.15) is 5.10 Å². The Morgan fingerprint density at radius 2 is 1.83 bits per heavy atom. The maximum atomic E-state index is 8.23. The molecule has 1 heterocycles. The molecule has 0 saturated carbocycles. The number of nitrogens with zero attached hydrogens (tertiary/aromatic N) is 1. The number of aromatic amines is 1. The van der Waals surface area contributed by atoms with Crippen LogP contribution in [0.1, 0.15) is 5.56 Å². The van der Waals surface area contributed by atoms with Gasteiger partial charge in [0.1, 0.15) is 0 Å². The zero-order valence-electron chi connectivity index (χ0n) is 5.91. The fourth-order valence-electron chi connectivity index (χ4n) is 0.315. The van der Waals surface area contributed by atoms with Crippen molar-refractivity contribution in [3.8, 4) is 0 Å². The number of hydrogen-bond acceptors (Lipinski definition) is 2. The summed E-state index contributed by atoms with van der Waals surface area (Å²) in [6.07, 6.45) is 3.62. The van der Waals surface area contributed by atoms with Crippen molar-refractivity contribution < 1.29 is 13.9 Å². The number of halogens is 4. The molecule has 0 atom stereocenters. The molecule has 0 aromatic carbocycles. The van der Waals surface area contributed by atoms with Gasteiger partial charge in [0, 0.05) is 6.20 Å². The second-order valence-electron chi connectivity index (χ2n) is 1.82. The van der Waals surface area contributed by atoms with Gasteiger partial charge in [0.15, 0.2) is 0 Å². The van der Waals surface area contributed by atoms with Crippen molar-refractivity contribution in [2.75, 3.05) is 0 Å². The first-order valence-electron chi connectivity index (χ1n) is 2.54. The summed E-state index contributed by atoms with van der Waals surface area (Å²) >= 11 is 0. The molecule has 3 nitrogen and oxygen atoms in total. The van der Waals surface area contributed by atoms with Gasteiger partial charge >= 0.3 is 52.7 Å². The summed E-state index contributed by atoms with van der Waals surface area (Å²) in [5.41, 5.74) is 1.18. The number of H-pyrrole nitrogens is 1. The number of hydrogen-bond donors (Lipinski definition) is 2. The zero-order chi connectivity index (χ0) is 9.85. The van der Waals surface area contributed by atoms with E-state index in [9.17, 15) is 0 Å². The van der Waals surface area contributed by atoms with E-state index in [0.29, 0.717) is 0 Å². The minimum absolute atomic E-state index is 1.18. The first kappa shape index (κ1) is 13.0. The van der Waals surface area contributed by atoms with Gasteiger partial charge in [0.2, 0.25) is 0 Å². The molecule has 2 N–H and O–H groups in total. The molecule has 0 bridgehead atoms. The van der Waals surface area contributed by atoms with E-state index >= 15 is 0 Å². The molecule has 0 saturated heterocycles. The van der Waals surface area contributed by atoms with E-state index in [0.717, 1.165) is 0 Å². The summed E-state index contributed by atoms with van der Waals surface area (Å²) in [6, 6.07) is 0. The Morgan fingerprint density at radius 3 is 1.92 bits per heavy atom. The maximum absolute atomic E-state index is 8.23. The third-order valence-corrected chi connectivity index (χ3v) is 0.635. The Labute approximate surface area is 87.3 Å². The summed E-state index contributed by atoms with van der Waals surface area (Å²) in [5, 5.41) is 6.38. The van der Waals surface area contributed by atoms with Crippen molar-refractivity contribution in [2.24, 2.45) is 0 Å². The van der Waals surface area contributed by atoms with Gasteiger partial charge in [-0.3, -0.25) is 5.10 Å². The van der Waals surface area contributed by atoms with Crippen LogP contribution in [0.4, 0.5) is 0 Å². The molecule has 0 aliphatic carbocycles. The summed E-state index contributed by atoms with van der Waals surface area (Å²) in [7, 11) is 14.7. The van der Waals surface area contributed by atoms with Crippen LogP contribution in [0, 0.1) is 6.92 Å². The Bertz CT molecular complexity index is 212. The number of rotatable bonds is 0. The van der Waals surface area contributed by atoms with Crippen molar-refractivity contribution in [1.82, 2.24) is 10.2 Å². The normalized spacial score (nSPS) is 14.0. The summed E-state index contributed by atoms with van der Waals surface area (Å²) in [6.45, 7) is 1.99. The molecular formula is C4H7Cl4N2ORu. The van der Waals surface area contributed by atoms with E-state index in [1.165, 1.54) is 5.56 Å². The zero-order valence-corrected chi connectivity index (χ0v) is 10.7. The van der Waals surface area contributed by atoms with Crippen LogP contribution in [0.2, 0.25) is 0 Å². The van der Waals surface area contributed by atoms with Crippen molar-refractivity contribution in [3.63, 3.8) is 0 Å². The van der Waals surface area contributed by atoms with E-state index in [-0.39, 0.29) is 0 Å². The summed E-state index contributed by atoms with van der Waals surface area (Å²) < 4.78 is 8.23. The van der Waals surface area contributed by atoms with Crippen LogP contribution in [0.5, 0.6) is 0 Å². The van der Waals surface area contributed by atoms with Gasteiger partial charge in [-0.05, 0) is 12.5 Å². The van der Waals surface area contributed by atoms with Gasteiger partial charge in [-0.1, -0.05) is 0 Å². The first-order chi connectivity index (χ1) is 5.13. The van der Waals surface area contributed by atoms with Crippen LogP contribution in [0.3, 0.4) is 0 Å². The van der Waals surface area contributed by atoms with Crippen molar-refractivity contribution in [2.45, 2.75) is 6.92 Å². The Balaban J connectivity index is 0.000000202. The van der Waals surface area contributed by atoms with E-state index < -0.39 is 10.00 Å². The standard InChI is InChI=1S/C4H6N2.4ClH.H2O.Ru/c1-4-2-5-6-3-4;;;;;;/h2-3H,1H3,(H,5,6);4*1H;1H2;/q;;;;;;+5/p-5. The SMILES string of the molecule is Cc1cn[nH]c1.[OH][Ru]([Cl])([Cl])([Cl])[Cl]. The topological polar surface area (TPSA) is 48.9 Å². The van der Waals surface area contributed by atoms with E-state index in [1.54, 1.807) is 6.20 Å². The Morgan fingerprint density at radius 1 is 1.42 bits per heavy atom. The molecule has 0 aliphatic rings. The van der Waals surface area contributed by atoms with Crippen LogP contribution in [-0.4, -0.2) is 14.1 Å². The molecule has 1 aromatic heterocycles. The fourth-order valence-corrected chi connectivity index (χ4v) is 0.315. The molecule has 0 unspecified atom stereocenters. The van der Waals surface area contributed by atoms with Crippen molar-refractivity contribution >= 4 is 38.8 Å². The molecule has 1 rings (SSSR count). The fraction of sp³-hybridized carbons (Fsp3) is 0.250. The number of aryl methyl sites for hydroxylation is 1. The summed E-state index contributed by atoms with van der Waals surface area (Å²) in [5.74, 6) is 0. The number of aromatic nitrogens is 2. The van der Waals surface area contributed by atoms with Gasteiger partial charge in [0.05, 0.1) is 6.20 Å². The van der Waals surface area contributed by atoms with Gasteiger partial charge < -0.3 is 0 Å². The van der Waals surface area contributed by atoms with Gasteiger partial charge in [-0.25, -0.2) is 0 Å². The first-order valence-corrected chi connectivity index (χ1v) is 12.3. The molecule has 75 valence electrons. The molecule has 1 aromatic rings. The second-order valence-corrected chi connectivity index (χ2v) is 21.7. The minimum atomic E-state index is -4.59. The Hall–Kier alpha value is 0.953. The second kappa shape index (κ2) is 4.45. The van der Waals surface area contributed by atoms with Crippen LogP contribution >= 0.6 is 38.8 Å².